The van der Waals surface area contributed by atoms with E-state index in [2.05, 4.69) is 0 Å². The summed E-state index contributed by atoms with van der Waals surface area (Å²) in [5.74, 6) is -1.98. The molecular weight excluding hydrogens is 367 g/mol. The summed E-state index contributed by atoms with van der Waals surface area (Å²) in [4.78, 5) is 20.4. The van der Waals surface area contributed by atoms with Crippen molar-refractivity contribution >= 4 is 27.4 Å². The number of rotatable bonds is 8. The van der Waals surface area contributed by atoms with Gasteiger partial charge in [-0.25, -0.2) is 12.8 Å². The molecule has 0 fully saturated rings. The molecule has 0 spiro atoms. The minimum absolute atomic E-state index is 0.0937. The van der Waals surface area contributed by atoms with Crippen LogP contribution >= 0.6 is 0 Å². The summed E-state index contributed by atoms with van der Waals surface area (Å²) >= 11 is 0. The molecule has 0 aliphatic heterocycles. The molecule has 0 atom stereocenters. The molecule has 0 aliphatic rings. The molecule has 0 unspecified atom stereocenters. The van der Waals surface area contributed by atoms with Crippen molar-refractivity contribution in [2.75, 3.05) is 10.8 Å². The van der Waals surface area contributed by atoms with E-state index in [1.54, 1.807) is 0 Å². The zero-order valence-corrected chi connectivity index (χ0v) is 14.2. The van der Waals surface area contributed by atoms with Gasteiger partial charge in [0.2, 0.25) is 0 Å². The van der Waals surface area contributed by atoms with Gasteiger partial charge in [-0.1, -0.05) is 24.3 Å². The van der Waals surface area contributed by atoms with E-state index in [9.17, 15) is 27.7 Å². The van der Waals surface area contributed by atoms with Gasteiger partial charge >= 0.3 is 5.97 Å². The second-order valence-corrected chi connectivity index (χ2v) is 7.08. The Morgan fingerprint density at radius 3 is 2.38 bits per heavy atom. The second kappa shape index (κ2) is 7.91. The molecule has 0 bridgehead atoms. The van der Waals surface area contributed by atoms with Crippen LogP contribution in [0.15, 0.2) is 53.4 Å². The number of benzene rings is 2. The lowest BCUT2D eigenvalue weighted by Crippen LogP contribution is -2.33. The summed E-state index contributed by atoms with van der Waals surface area (Å²) in [6.07, 6.45) is -0.430. The van der Waals surface area contributed by atoms with Gasteiger partial charge in [-0.15, -0.1) is 0 Å². The van der Waals surface area contributed by atoms with Crippen molar-refractivity contribution in [1.82, 2.24) is 0 Å². The van der Waals surface area contributed by atoms with Crippen LogP contribution in [-0.4, -0.2) is 31.0 Å². The fourth-order valence-electron chi connectivity index (χ4n) is 2.34. The number of carbonyl (C=O) groups is 1. The van der Waals surface area contributed by atoms with Crippen molar-refractivity contribution in [3.8, 4) is 0 Å². The van der Waals surface area contributed by atoms with Gasteiger partial charge < -0.3 is 5.11 Å². The normalized spacial score (nSPS) is 11.1. The average molecular weight is 382 g/mol. The van der Waals surface area contributed by atoms with E-state index in [4.69, 9.17) is 5.11 Å². The number of nitrogens with zero attached hydrogens (tertiary/aromatic N) is 2. The van der Waals surface area contributed by atoms with Gasteiger partial charge in [-0.05, 0) is 24.6 Å². The van der Waals surface area contributed by atoms with Gasteiger partial charge in [0.25, 0.3) is 15.7 Å². The number of hydrogen-bond acceptors (Lipinski definition) is 5. The van der Waals surface area contributed by atoms with Crippen molar-refractivity contribution in [3.63, 3.8) is 0 Å². The van der Waals surface area contributed by atoms with Crippen LogP contribution in [0.5, 0.6) is 0 Å². The first kappa shape index (κ1) is 19.3. The number of para-hydroxylation sites is 2. The lowest BCUT2D eigenvalue weighted by molar-refractivity contribution is -0.387. The minimum atomic E-state index is -4.49. The summed E-state index contributed by atoms with van der Waals surface area (Å²) in [6, 6.07) is 9.76. The Kier molecular flexibility index (Phi) is 5.88. The SMILES string of the molecule is O=C(O)CCCN(c1ccccc1F)S(=O)(=O)c1ccccc1[N+](=O)[O-]. The van der Waals surface area contributed by atoms with E-state index in [0.717, 1.165) is 18.2 Å². The van der Waals surface area contributed by atoms with Crippen LogP contribution in [-0.2, 0) is 14.8 Å². The maximum atomic E-state index is 14.2. The second-order valence-electron chi connectivity index (χ2n) is 5.25. The molecule has 0 radical (unpaired) electrons. The van der Waals surface area contributed by atoms with Crippen LogP contribution in [0.4, 0.5) is 15.8 Å². The molecular formula is C16H15FN2O6S. The first-order valence-electron chi connectivity index (χ1n) is 7.47. The van der Waals surface area contributed by atoms with E-state index in [0.29, 0.717) is 4.31 Å². The van der Waals surface area contributed by atoms with Crippen LogP contribution in [0.3, 0.4) is 0 Å². The molecule has 2 aromatic carbocycles. The first-order valence-corrected chi connectivity index (χ1v) is 8.91. The van der Waals surface area contributed by atoms with Gasteiger partial charge in [0.05, 0.1) is 10.6 Å². The number of carboxylic acid groups (broad SMARTS) is 1. The van der Waals surface area contributed by atoms with Crippen molar-refractivity contribution in [1.29, 1.82) is 0 Å². The van der Waals surface area contributed by atoms with Gasteiger partial charge in [0.15, 0.2) is 4.90 Å². The van der Waals surface area contributed by atoms with Crippen LogP contribution in [0.2, 0.25) is 0 Å². The zero-order valence-electron chi connectivity index (χ0n) is 13.4. The summed E-state index contributed by atoms with van der Waals surface area (Å²) < 4.78 is 40.8. The molecule has 0 saturated heterocycles. The Balaban J connectivity index is 2.55. The molecule has 0 aromatic heterocycles. The van der Waals surface area contributed by atoms with Crippen LogP contribution in [0.1, 0.15) is 12.8 Å². The number of carboxylic acids is 1. The maximum Gasteiger partial charge on any atom is 0.303 e. The third-order valence-electron chi connectivity index (χ3n) is 3.50. The van der Waals surface area contributed by atoms with Crippen molar-refractivity contribution < 1.29 is 27.6 Å². The van der Waals surface area contributed by atoms with Gasteiger partial charge in [-0.3, -0.25) is 19.2 Å². The van der Waals surface area contributed by atoms with Crippen LogP contribution in [0.25, 0.3) is 0 Å². The number of hydrogen-bond donors (Lipinski definition) is 1. The molecule has 1 N–H and O–H groups in total. The topological polar surface area (TPSA) is 118 Å². The van der Waals surface area contributed by atoms with E-state index < -0.39 is 37.3 Å². The molecule has 8 nitrogen and oxygen atoms in total. The molecule has 2 aromatic rings. The Morgan fingerprint density at radius 2 is 1.77 bits per heavy atom. The Bertz CT molecular complexity index is 932. The number of sulfonamides is 1. The molecule has 0 heterocycles. The quantitative estimate of drug-likeness (QED) is 0.554. The first-order chi connectivity index (χ1) is 12.2. The molecule has 0 amide bonds. The number of anilines is 1. The fourth-order valence-corrected chi connectivity index (χ4v) is 4.01. The summed E-state index contributed by atoms with van der Waals surface area (Å²) in [7, 11) is -4.49. The molecule has 26 heavy (non-hydrogen) atoms. The van der Waals surface area contributed by atoms with Gasteiger partial charge in [-0.2, -0.15) is 0 Å². The number of nitro groups is 1. The molecule has 0 saturated carbocycles. The highest BCUT2D eigenvalue weighted by atomic mass is 32.2. The summed E-state index contributed by atoms with van der Waals surface area (Å²) in [5.41, 5.74) is -0.955. The molecule has 2 rings (SSSR count). The van der Waals surface area contributed by atoms with E-state index >= 15 is 0 Å². The van der Waals surface area contributed by atoms with Crippen molar-refractivity contribution in [2.45, 2.75) is 17.7 Å². The Hall–Kier alpha value is -3.01. The number of nitro benzene ring substituents is 1. The van der Waals surface area contributed by atoms with Gasteiger partial charge in [0.1, 0.15) is 5.82 Å². The van der Waals surface area contributed by atoms with Crippen molar-refractivity contribution in [2.24, 2.45) is 0 Å². The Labute approximate surface area is 148 Å². The third kappa shape index (κ3) is 4.14. The summed E-state index contributed by atoms with van der Waals surface area (Å²) in [6.45, 7) is -0.346. The predicted octanol–water partition coefficient (Wildman–Crippen LogP) is 2.79. The fraction of sp³-hybridized carbons (Fsp3) is 0.188. The predicted molar refractivity (Wildman–Crippen MR) is 90.9 cm³/mol. The molecule has 138 valence electrons. The largest absolute Gasteiger partial charge is 0.481 e. The smallest absolute Gasteiger partial charge is 0.303 e. The van der Waals surface area contributed by atoms with Crippen molar-refractivity contribution in [3.05, 3.63) is 64.5 Å². The number of halogens is 1. The van der Waals surface area contributed by atoms with Gasteiger partial charge in [0, 0.05) is 19.0 Å². The van der Waals surface area contributed by atoms with Crippen LogP contribution in [0, 0.1) is 15.9 Å². The standard InChI is InChI=1S/C16H15FN2O6S/c17-12-6-1-2-7-13(12)18(11-5-10-16(20)21)26(24,25)15-9-4-3-8-14(15)19(22)23/h1-4,6-9H,5,10-11H2,(H,20,21). The summed E-state index contributed by atoms with van der Waals surface area (Å²) in [5, 5.41) is 19.9. The zero-order chi connectivity index (χ0) is 19.3. The van der Waals surface area contributed by atoms with Crippen LogP contribution < -0.4 is 4.31 Å². The Morgan fingerprint density at radius 1 is 1.15 bits per heavy atom. The monoisotopic (exact) mass is 382 g/mol. The lowest BCUT2D eigenvalue weighted by atomic mass is 10.2. The maximum absolute atomic E-state index is 14.2. The third-order valence-corrected chi connectivity index (χ3v) is 5.36. The lowest BCUT2D eigenvalue weighted by Gasteiger charge is -2.24. The van der Waals surface area contributed by atoms with E-state index in [1.807, 2.05) is 0 Å². The van der Waals surface area contributed by atoms with E-state index in [1.165, 1.54) is 30.3 Å². The van der Waals surface area contributed by atoms with E-state index in [-0.39, 0.29) is 25.1 Å². The minimum Gasteiger partial charge on any atom is -0.481 e. The average Bonchev–Trinajstić information content (AvgIpc) is 2.59. The molecule has 0 aliphatic carbocycles. The highest BCUT2D eigenvalue weighted by Crippen LogP contribution is 2.31. The molecule has 10 heteroatoms. The highest BCUT2D eigenvalue weighted by Gasteiger charge is 2.32. The highest BCUT2D eigenvalue weighted by molar-refractivity contribution is 7.93. The number of aliphatic carboxylic acids is 1.